The molecule has 0 spiro atoms. The molecule has 82 valence electrons. The maximum absolute atomic E-state index is 12.8. The minimum Gasteiger partial charge on any atom is -0.397 e. The Morgan fingerprint density at radius 3 is 3.07 bits per heavy atom. The highest BCUT2D eigenvalue weighted by Crippen LogP contribution is 2.25. The van der Waals surface area contributed by atoms with E-state index < -0.39 is 0 Å². The Hall–Kier alpha value is -0.900. The van der Waals surface area contributed by atoms with Crippen molar-refractivity contribution >= 4 is 23.1 Å². The summed E-state index contributed by atoms with van der Waals surface area (Å²) in [6.07, 6.45) is 1.26. The zero-order chi connectivity index (χ0) is 10.7. The molecule has 1 aromatic carbocycles. The number of thioether (sulfide) groups is 1. The van der Waals surface area contributed by atoms with E-state index in [0.29, 0.717) is 5.69 Å². The molecule has 0 aromatic heterocycles. The largest absolute Gasteiger partial charge is 0.397 e. The summed E-state index contributed by atoms with van der Waals surface area (Å²) >= 11 is 1.99. The fourth-order valence-electron chi connectivity index (χ4n) is 1.69. The van der Waals surface area contributed by atoms with Crippen molar-refractivity contribution in [1.29, 1.82) is 0 Å². The maximum Gasteiger partial charge on any atom is 0.125 e. The van der Waals surface area contributed by atoms with Gasteiger partial charge in [-0.25, -0.2) is 4.39 Å². The summed E-state index contributed by atoms with van der Waals surface area (Å²) in [6, 6.07) is 4.49. The van der Waals surface area contributed by atoms with Crippen LogP contribution in [-0.4, -0.2) is 18.1 Å². The van der Waals surface area contributed by atoms with Gasteiger partial charge in [-0.05, 0) is 42.0 Å². The van der Waals surface area contributed by atoms with Gasteiger partial charge in [0.2, 0.25) is 0 Å². The average molecular weight is 226 g/mol. The topological polar surface area (TPSA) is 38.0 Å². The molecular formula is C11H15FN2S. The molecule has 0 saturated carbocycles. The predicted molar refractivity (Wildman–Crippen MR) is 64.7 cm³/mol. The number of nitrogens with two attached hydrogens (primary N) is 1. The van der Waals surface area contributed by atoms with Crippen LogP contribution < -0.4 is 11.1 Å². The number of hydrogen-bond acceptors (Lipinski definition) is 3. The predicted octanol–water partition coefficient (Wildman–Crippen LogP) is 2.57. The van der Waals surface area contributed by atoms with E-state index in [9.17, 15) is 4.39 Å². The van der Waals surface area contributed by atoms with E-state index in [-0.39, 0.29) is 5.82 Å². The standard InChI is InChI=1S/C11H15FN2S/c12-9-1-2-11(10(13)5-9)14-6-8-3-4-15-7-8/h1-2,5,8,14H,3-4,6-7,13H2. The third-order valence-corrected chi connectivity index (χ3v) is 3.85. The van der Waals surface area contributed by atoms with Crippen molar-refractivity contribution in [2.45, 2.75) is 6.42 Å². The highest BCUT2D eigenvalue weighted by Gasteiger charge is 2.15. The van der Waals surface area contributed by atoms with Crippen LogP contribution in [0.4, 0.5) is 15.8 Å². The van der Waals surface area contributed by atoms with Gasteiger partial charge in [-0.1, -0.05) is 0 Å². The van der Waals surface area contributed by atoms with E-state index in [0.717, 1.165) is 18.2 Å². The van der Waals surface area contributed by atoms with Gasteiger partial charge in [0, 0.05) is 6.54 Å². The lowest BCUT2D eigenvalue weighted by molar-refractivity contribution is 0.626. The molecule has 0 radical (unpaired) electrons. The Morgan fingerprint density at radius 2 is 2.40 bits per heavy atom. The summed E-state index contributed by atoms with van der Waals surface area (Å²) < 4.78 is 12.8. The first-order valence-electron chi connectivity index (χ1n) is 5.12. The van der Waals surface area contributed by atoms with Crippen molar-refractivity contribution in [3.63, 3.8) is 0 Å². The van der Waals surface area contributed by atoms with Crippen LogP contribution in [0.2, 0.25) is 0 Å². The van der Waals surface area contributed by atoms with Gasteiger partial charge < -0.3 is 11.1 Å². The van der Waals surface area contributed by atoms with Gasteiger partial charge in [-0.2, -0.15) is 11.8 Å². The summed E-state index contributed by atoms with van der Waals surface area (Å²) in [6.45, 7) is 0.933. The van der Waals surface area contributed by atoms with Crippen LogP contribution in [0.3, 0.4) is 0 Å². The summed E-state index contributed by atoms with van der Waals surface area (Å²) in [5.74, 6) is 2.91. The zero-order valence-electron chi connectivity index (χ0n) is 8.50. The fourth-order valence-corrected chi connectivity index (χ4v) is 2.98. The van der Waals surface area contributed by atoms with Gasteiger partial charge in [-0.15, -0.1) is 0 Å². The Bertz CT molecular complexity index is 337. The fraction of sp³-hybridized carbons (Fsp3) is 0.455. The lowest BCUT2D eigenvalue weighted by Crippen LogP contribution is -2.14. The van der Waals surface area contributed by atoms with E-state index in [4.69, 9.17) is 5.73 Å². The third kappa shape index (κ3) is 2.78. The number of halogens is 1. The molecule has 0 amide bonds. The van der Waals surface area contributed by atoms with Crippen molar-refractivity contribution < 1.29 is 4.39 Å². The molecule has 0 bridgehead atoms. The molecule has 1 aliphatic rings. The van der Waals surface area contributed by atoms with Crippen molar-refractivity contribution in [1.82, 2.24) is 0 Å². The summed E-state index contributed by atoms with van der Waals surface area (Å²) in [5, 5.41) is 3.28. The zero-order valence-corrected chi connectivity index (χ0v) is 9.32. The first-order valence-corrected chi connectivity index (χ1v) is 6.28. The second kappa shape index (κ2) is 4.75. The molecule has 1 aromatic rings. The number of benzene rings is 1. The highest BCUT2D eigenvalue weighted by atomic mass is 32.2. The third-order valence-electron chi connectivity index (χ3n) is 2.62. The normalized spacial score (nSPS) is 20.5. The minimum atomic E-state index is -0.283. The SMILES string of the molecule is Nc1cc(F)ccc1NCC1CCSC1. The van der Waals surface area contributed by atoms with Crippen molar-refractivity contribution in [3.05, 3.63) is 24.0 Å². The monoisotopic (exact) mass is 226 g/mol. The number of nitrogen functional groups attached to an aromatic ring is 1. The van der Waals surface area contributed by atoms with Gasteiger partial charge in [0.05, 0.1) is 11.4 Å². The molecule has 1 unspecified atom stereocenters. The summed E-state index contributed by atoms with van der Waals surface area (Å²) in [4.78, 5) is 0. The second-order valence-corrected chi connectivity index (χ2v) is 4.99. The molecule has 1 atom stereocenters. The number of rotatable bonds is 3. The first kappa shape index (κ1) is 10.6. The quantitative estimate of drug-likeness (QED) is 0.778. The Labute approximate surface area is 93.4 Å². The van der Waals surface area contributed by atoms with Crippen molar-refractivity contribution in [2.24, 2.45) is 5.92 Å². The van der Waals surface area contributed by atoms with E-state index >= 15 is 0 Å². The number of anilines is 2. The number of hydrogen-bond donors (Lipinski definition) is 2. The molecule has 1 saturated heterocycles. The van der Waals surface area contributed by atoms with Gasteiger partial charge in [0.15, 0.2) is 0 Å². The van der Waals surface area contributed by atoms with E-state index in [1.54, 1.807) is 6.07 Å². The van der Waals surface area contributed by atoms with E-state index in [2.05, 4.69) is 5.32 Å². The van der Waals surface area contributed by atoms with Gasteiger partial charge in [-0.3, -0.25) is 0 Å². The van der Waals surface area contributed by atoms with Crippen LogP contribution in [-0.2, 0) is 0 Å². The molecule has 15 heavy (non-hydrogen) atoms. The smallest absolute Gasteiger partial charge is 0.125 e. The molecule has 2 rings (SSSR count). The molecule has 1 fully saturated rings. The van der Waals surface area contributed by atoms with Crippen LogP contribution in [0.15, 0.2) is 18.2 Å². The van der Waals surface area contributed by atoms with Crippen LogP contribution in [0.25, 0.3) is 0 Å². The van der Waals surface area contributed by atoms with Crippen LogP contribution in [0, 0.1) is 11.7 Å². The average Bonchev–Trinajstić information content (AvgIpc) is 2.69. The lowest BCUT2D eigenvalue weighted by atomic mass is 10.1. The van der Waals surface area contributed by atoms with Crippen LogP contribution in [0.5, 0.6) is 0 Å². The van der Waals surface area contributed by atoms with Gasteiger partial charge in [0.25, 0.3) is 0 Å². The van der Waals surface area contributed by atoms with E-state index in [1.807, 2.05) is 11.8 Å². The van der Waals surface area contributed by atoms with Gasteiger partial charge >= 0.3 is 0 Å². The van der Waals surface area contributed by atoms with Crippen LogP contribution in [0.1, 0.15) is 6.42 Å². The van der Waals surface area contributed by atoms with Gasteiger partial charge in [0.1, 0.15) is 5.82 Å². The van der Waals surface area contributed by atoms with Crippen molar-refractivity contribution in [3.8, 4) is 0 Å². The summed E-state index contributed by atoms with van der Waals surface area (Å²) in [7, 11) is 0. The minimum absolute atomic E-state index is 0.283. The van der Waals surface area contributed by atoms with E-state index in [1.165, 1.54) is 30.1 Å². The van der Waals surface area contributed by atoms with Crippen molar-refractivity contribution in [2.75, 3.05) is 29.1 Å². The molecule has 0 aliphatic carbocycles. The van der Waals surface area contributed by atoms with Crippen LogP contribution >= 0.6 is 11.8 Å². The first-order chi connectivity index (χ1) is 7.25. The molecule has 3 N–H and O–H groups in total. The summed E-state index contributed by atoms with van der Waals surface area (Å²) in [5.41, 5.74) is 7.03. The molecule has 2 nitrogen and oxygen atoms in total. The highest BCUT2D eigenvalue weighted by molar-refractivity contribution is 7.99. The second-order valence-electron chi connectivity index (χ2n) is 3.84. The maximum atomic E-state index is 12.8. The molecule has 1 heterocycles. The Balaban J connectivity index is 1.92. The number of nitrogens with one attached hydrogen (secondary N) is 1. The molecule has 1 aliphatic heterocycles. The Morgan fingerprint density at radius 1 is 1.53 bits per heavy atom. The Kier molecular flexibility index (Phi) is 3.36. The molecular weight excluding hydrogens is 211 g/mol. The molecule has 4 heteroatoms. The lowest BCUT2D eigenvalue weighted by Gasteiger charge is -2.12.